The normalized spacial score (nSPS) is 19.2. The molecule has 162 valence electrons. The highest BCUT2D eigenvalue weighted by atomic mass is 16.4. The summed E-state index contributed by atoms with van der Waals surface area (Å²) in [5.41, 5.74) is 4.19. The molecule has 31 heavy (non-hydrogen) atoms. The fourth-order valence-corrected chi connectivity index (χ4v) is 5.34. The Balaban J connectivity index is 1.22. The zero-order valence-corrected chi connectivity index (χ0v) is 18.0. The van der Waals surface area contributed by atoms with Crippen LogP contribution in [0.5, 0.6) is 0 Å². The lowest BCUT2D eigenvalue weighted by Gasteiger charge is -2.46. The van der Waals surface area contributed by atoms with Gasteiger partial charge in [0.2, 0.25) is 0 Å². The molecule has 0 unspecified atom stereocenters. The number of fused-ring (bicyclic) bond motifs is 1. The molecule has 0 aromatic carbocycles. The molecule has 0 atom stereocenters. The number of nitrogens with zero attached hydrogens (tertiary/aromatic N) is 4. The summed E-state index contributed by atoms with van der Waals surface area (Å²) in [4.78, 5) is 30.4. The quantitative estimate of drug-likeness (QED) is 0.643. The molecule has 3 aromatic heterocycles. The average Bonchev–Trinajstić information content (AvgIpc) is 3.22. The predicted molar refractivity (Wildman–Crippen MR) is 120 cm³/mol. The van der Waals surface area contributed by atoms with Gasteiger partial charge in [-0.25, -0.2) is 15.0 Å². The second-order valence-corrected chi connectivity index (χ2v) is 9.34. The Morgan fingerprint density at radius 1 is 1.16 bits per heavy atom. The van der Waals surface area contributed by atoms with Gasteiger partial charge < -0.3 is 15.0 Å². The lowest BCUT2D eigenvalue weighted by Crippen LogP contribution is -2.42. The molecule has 1 spiro atoms. The maximum absolute atomic E-state index is 11.0. The van der Waals surface area contributed by atoms with Gasteiger partial charge in [-0.1, -0.05) is 0 Å². The van der Waals surface area contributed by atoms with Crippen LogP contribution in [0, 0.1) is 18.3 Å². The Kier molecular flexibility index (Phi) is 5.12. The Bertz CT molecular complexity index is 1070. The van der Waals surface area contributed by atoms with Gasteiger partial charge in [-0.3, -0.25) is 4.79 Å². The van der Waals surface area contributed by atoms with E-state index in [0.29, 0.717) is 17.8 Å². The van der Waals surface area contributed by atoms with E-state index in [0.717, 1.165) is 59.9 Å². The van der Waals surface area contributed by atoms with Crippen molar-refractivity contribution < 1.29 is 9.90 Å². The first-order chi connectivity index (χ1) is 15.0. The number of anilines is 1. The Hall–Kier alpha value is -2.96. The Labute approximate surface area is 181 Å². The number of hydrogen-bond donors (Lipinski definition) is 2. The van der Waals surface area contributed by atoms with Gasteiger partial charge in [-0.05, 0) is 80.5 Å². The number of pyridine rings is 2. The van der Waals surface area contributed by atoms with Crippen molar-refractivity contribution in [2.45, 2.75) is 51.9 Å². The number of aromatic amines is 1. The molecule has 1 saturated heterocycles. The maximum atomic E-state index is 11.0. The summed E-state index contributed by atoms with van der Waals surface area (Å²) in [6, 6.07) is 6.14. The highest BCUT2D eigenvalue weighted by Crippen LogP contribution is 2.47. The number of nitrogens with one attached hydrogen (secondary N) is 1. The maximum Gasteiger partial charge on any atom is 0.303 e. The topological polar surface area (TPSA) is 95.0 Å². The summed E-state index contributed by atoms with van der Waals surface area (Å²) >= 11 is 0. The number of carbonyl (C=O) groups is 1. The van der Waals surface area contributed by atoms with Crippen LogP contribution in [0.1, 0.15) is 50.5 Å². The van der Waals surface area contributed by atoms with Gasteiger partial charge in [0, 0.05) is 37.5 Å². The van der Waals surface area contributed by atoms with Crippen molar-refractivity contribution in [2.75, 3.05) is 18.0 Å². The molecule has 1 aliphatic heterocycles. The van der Waals surface area contributed by atoms with Gasteiger partial charge >= 0.3 is 5.97 Å². The molecule has 0 bridgehead atoms. The number of aryl methyl sites for hydroxylation is 1. The van der Waals surface area contributed by atoms with E-state index >= 15 is 0 Å². The first-order valence-electron chi connectivity index (χ1n) is 11.3. The molecule has 0 amide bonds. The van der Waals surface area contributed by atoms with Crippen LogP contribution in [-0.2, 0) is 4.79 Å². The molecule has 4 heterocycles. The van der Waals surface area contributed by atoms with Crippen LogP contribution in [-0.4, -0.2) is 44.1 Å². The van der Waals surface area contributed by atoms with E-state index in [1.165, 1.54) is 25.7 Å². The molecular formula is C24H29N5O2. The van der Waals surface area contributed by atoms with Crippen molar-refractivity contribution in [1.82, 2.24) is 19.9 Å². The second kappa shape index (κ2) is 7.94. The van der Waals surface area contributed by atoms with Crippen LogP contribution in [0.2, 0.25) is 0 Å². The van der Waals surface area contributed by atoms with Crippen molar-refractivity contribution in [1.29, 1.82) is 0 Å². The Morgan fingerprint density at radius 2 is 1.94 bits per heavy atom. The number of aliphatic carboxylic acids is 1. The Morgan fingerprint density at radius 3 is 2.58 bits per heavy atom. The summed E-state index contributed by atoms with van der Waals surface area (Å²) in [7, 11) is 0. The molecule has 7 heteroatoms. The largest absolute Gasteiger partial charge is 0.481 e. The van der Waals surface area contributed by atoms with Crippen LogP contribution in [0.4, 0.5) is 5.82 Å². The van der Waals surface area contributed by atoms with E-state index in [9.17, 15) is 4.79 Å². The standard InChI is InChI=1S/C24H29N5O2/c1-16-6-11-25-23-21(16)27-22(28-23)18-2-3-19(26-15-18)29-12-9-24(10-13-29)7-4-17(5-8-24)14-20(30)31/h2-3,6,11,15,17H,4-5,7-10,12-14H2,1H3,(H,30,31)(H,25,27,28). The number of hydrogen-bond acceptors (Lipinski definition) is 5. The molecular weight excluding hydrogens is 390 g/mol. The molecule has 1 aliphatic carbocycles. The minimum absolute atomic E-state index is 0.333. The van der Waals surface area contributed by atoms with Gasteiger partial charge in [0.25, 0.3) is 0 Å². The molecule has 2 fully saturated rings. The second-order valence-electron chi connectivity index (χ2n) is 9.34. The molecule has 0 radical (unpaired) electrons. The fraction of sp³-hybridized carbons (Fsp3) is 0.500. The third-order valence-electron chi connectivity index (χ3n) is 7.38. The van der Waals surface area contributed by atoms with Gasteiger partial charge in [0.1, 0.15) is 17.2 Å². The third-order valence-corrected chi connectivity index (χ3v) is 7.38. The molecule has 2 N–H and O–H groups in total. The number of piperidine rings is 1. The van der Waals surface area contributed by atoms with E-state index in [2.05, 4.69) is 27.0 Å². The number of rotatable bonds is 4. The first kappa shape index (κ1) is 20.0. The van der Waals surface area contributed by atoms with Crippen LogP contribution >= 0.6 is 0 Å². The molecule has 7 nitrogen and oxygen atoms in total. The number of H-pyrrole nitrogens is 1. The van der Waals surface area contributed by atoms with Crippen molar-refractivity contribution in [3.05, 3.63) is 36.2 Å². The summed E-state index contributed by atoms with van der Waals surface area (Å²) < 4.78 is 0. The van der Waals surface area contributed by atoms with Gasteiger partial charge in [-0.15, -0.1) is 0 Å². The number of carboxylic acid groups (broad SMARTS) is 1. The van der Waals surface area contributed by atoms with Gasteiger partial charge in [0.15, 0.2) is 5.65 Å². The molecule has 1 saturated carbocycles. The fourth-order valence-electron chi connectivity index (χ4n) is 5.34. The minimum atomic E-state index is -0.653. The third kappa shape index (κ3) is 4.01. The van der Waals surface area contributed by atoms with Crippen molar-refractivity contribution in [3.63, 3.8) is 0 Å². The zero-order valence-electron chi connectivity index (χ0n) is 18.0. The van der Waals surface area contributed by atoms with Gasteiger partial charge in [0.05, 0.1) is 0 Å². The van der Waals surface area contributed by atoms with Crippen LogP contribution in [0.15, 0.2) is 30.6 Å². The van der Waals surface area contributed by atoms with E-state index in [1.807, 2.05) is 19.2 Å². The van der Waals surface area contributed by atoms with E-state index in [4.69, 9.17) is 15.1 Å². The molecule has 3 aromatic rings. The highest BCUT2D eigenvalue weighted by molar-refractivity contribution is 5.78. The monoisotopic (exact) mass is 419 g/mol. The predicted octanol–water partition coefficient (Wildman–Crippen LogP) is 4.58. The van der Waals surface area contributed by atoms with E-state index < -0.39 is 5.97 Å². The number of imidazole rings is 1. The van der Waals surface area contributed by atoms with Crippen LogP contribution in [0.25, 0.3) is 22.6 Å². The van der Waals surface area contributed by atoms with Crippen LogP contribution in [0.3, 0.4) is 0 Å². The van der Waals surface area contributed by atoms with Crippen molar-refractivity contribution in [3.8, 4) is 11.4 Å². The average molecular weight is 420 g/mol. The summed E-state index contributed by atoms with van der Waals surface area (Å²) in [5.74, 6) is 1.53. The zero-order chi connectivity index (χ0) is 21.4. The summed E-state index contributed by atoms with van der Waals surface area (Å²) in [6.07, 6.45) is 10.8. The summed E-state index contributed by atoms with van der Waals surface area (Å²) in [6.45, 7) is 4.07. The van der Waals surface area contributed by atoms with E-state index in [-0.39, 0.29) is 0 Å². The van der Waals surface area contributed by atoms with Crippen molar-refractivity contribution >= 4 is 23.0 Å². The molecule has 5 rings (SSSR count). The minimum Gasteiger partial charge on any atom is -0.481 e. The first-order valence-corrected chi connectivity index (χ1v) is 11.3. The number of carboxylic acids is 1. The lowest BCUT2D eigenvalue weighted by molar-refractivity contribution is -0.138. The highest BCUT2D eigenvalue weighted by Gasteiger charge is 2.38. The smallest absolute Gasteiger partial charge is 0.303 e. The summed E-state index contributed by atoms with van der Waals surface area (Å²) in [5, 5.41) is 9.05. The van der Waals surface area contributed by atoms with Gasteiger partial charge in [-0.2, -0.15) is 0 Å². The lowest BCUT2D eigenvalue weighted by atomic mass is 9.65. The molecule has 2 aliphatic rings. The SMILES string of the molecule is Cc1ccnc2[nH]c(-c3ccc(N4CCC5(CCC(CC(=O)O)CC5)CC4)nc3)nc12. The van der Waals surface area contributed by atoms with E-state index in [1.54, 1.807) is 6.20 Å². The van der Waals surface area contributed by atoms with Crippen molar-refractivity contribution in [2.24, 2.45) is 11.3 Å². The van der Waals surface area contributed by atoms with Crippen LogP contribution < -0.4 is 4.90 Å². The number of aromatic nitrogens is 4.